The number of para-hydroxylation sites is 1. The van der Waals surface area contributed by atoms with Crippen molar-refractivity contribution in [3.63, 3.8) is 0 Å². The van der Waals surface area contributed by atoms with Crippen molar-refractivity contribution < 1.29 is 28.7 Å². The van der Waals surface area contributed by atoms with E-state index in [0.717, 1.165) is 19.3 Å². The molecule has 0 heterocycles. The summed E-state index contributed by atoms with van der Waals surface area (Å²) in [6.45, 7) is 3.71. The van der Waals surface area contributed by atoms with Crippen LogP contribution < -0.4 is 10.6 Å². The third-order valence-electron chi connectivity index (χ3n) is 5.94. The zero-order valence-electron chi connectivity index (χ0n) is 22.6. The second kappa shape index (κ2) is 17.7. The van der Waals surface area contributed by atoms with Crippen molar-refractivity contribution in [3.8, 4) is 0 Å². The molecule has 2 aromatic rings. The maximum Gasteiger partial charge on any atom is 0.340 e. The van der Waals surface area contributed by atoms with Gasteiger partial charge in [0, 0.05) is 12.1 Å². The van der Waals surface area contributed by atoms with Gasteiger partial charge < -0.3 is 20.1 Å². The minimum absolute atomic E-state index is 0.155. The summed E-state index contributed by atoms with van der Waals surface area (Å²) in [6.07, 6.45) is 10.9. The maximum atomic E-state index is 12.6. The van der Waals surface area contributed by atoms with Crippen LogP contribution in [0, 0.1) is 0 Å². The second-order valence-electron chi connectivity index (χ2n) is 9.09. The number of rotatable bonds is 17. The largest absolute Gasteiger partial charge is 0.462 e. The van der Waals surface area contributed by atoms with Gasteiger partial charge in [0.15, 0.2) is 6.61 Å². The van der Waals surface area contributed by atoms with E-state index < -0.39 is 24.5 Å². The third kappa shape index (κ3) is 11.6. The van der Waals surface area contributed by atoms with E-state index in [4.69, 9.17) is 9.47 Å². The van der Waals surface area contributed by atoms with Crippen LogP contribution in [-0.4, -0.2) is 37.0 Å². The normalized spacial score (nSPS) is 10.5. The molecule has 0 radical (unpaired) electrons. The zero-order chi connectivity index (χ0) is 27.6. The Labute approximate surface area is 225 Å². The predicted molar refractivity (Wildman–Crippen MR) is 148 cm³/mol. The van der Waals surface area contributed by atoms with E-state index in [1.54, 1.807) is 43.3 Å². The molecule has 0 aliphatic rings. The third-order valence-corrected chi connectivity index (χ3v) is 5.94. The van der Waals surface area contributed by atoms with Crippen LogP contribution in [0.4, 0.5) is 11.4 Å². The van der Waals surface area contributed by atoms with Crippen molar-refractivity contribution in [1.82, 2.24) is 0 Å². The maximum absolute atomic E-state index is 12.6. The van der Waals surface area contributed by atoms with Gasteiger partial charge in [0.2, 0.25) is 5.91 Å². The molecule has 8 heteroatoms. The number of unbranched alkanes of at least 4 members (excludes halogenated alkanes) is 8. The molecule has 0 aliphatic carbocycles. The topological polar surface area (TPSA) is 111 Å². The first-order valence-electron chi connectivity index (χ1n) is 13.6. The lowest BCUT2D eigenvalue weighted by atomic mass is 10.1. The van der Waals surface area contributed by atoms with Gasteiger partial charge in [-0.05, 0) is 49.7 Å². The molecule has 206 valence electrons. The minimum Gasteiger partial charge on any atom is -0.462 e. The molecule has 0 bridgehead atoms. The molecule has 2 amide bonds. The summed E-state index contributed by atoms with van der Waals surface area (Å²) < 4.78 is 10.1. The molecule has 2 N–H and O–H groups in total. The van der Waals surface area contributed by atoms with Crippen LogP contribution in [-0.2, 0) is 19.1 Å². The van der Waals surface area contributed by atoms with Crippen LogP contribution in [0.15, 0.2) is 48.5 Å². The molecule has 8 nitrogen and oxygen atoms in total. The lowest BCUT2D eigenvalue weighted by molar-refractivity contribution is -0.119. The summed E-state index contributed by atoms with van der Waals surface area (Å²) in [4.78, 5) is 49.0. The van der Waals surface area contributed by atoms with Gasteiger partial charge in [-0.25, -0.2) is 9.59 Å². The molecule has 2 aromatic carbocycles. The molecule has 0 aliphatic heterocycles. The Hall–Kier alpha value is -3.68. The summed E-state index contributed by atoms with van der Waals surface area (Å²) in [5.74, 6) is -1.85. The van der Waals surface area contributed by atoms with E-state index in [0.29, 0.717) is 23.4 Å². The Balaban J connectivity index is 1.74. The van der Waals surface area contributed by atoms with Gasteiger partial charge in [-0.2, -0.15) is 0 Å². The van der Waals surface area contributed by atoms with Crippen LogP contribution in [0.2, 0.25) is 0 Å². The van der Waals surface area contributed by atoms with Crippen LogP contribution in [0.1, 0.15) is 98.8 Å². The Morgan fingerprint density at radius 2 is 1.29 bits per heavy atom. The van der Waals surface area contributed by atoms with Crippen LogP contribution in [0.5, 0.6) is 0 Å². The smallest absolute Gasteiger partial charge is 0.340 e. The highest BCUT2D eigenvalue weighted by molar-refractivity contribution is 6.02. The summed E-state index contributed by atoms with van der Waals surface area (Å²) in [5.41, 5.74) is 1.35. The fraction of sp³-hybridized carbons (Fsp3) is 0.467. The van der Waals surface area contributed by atoms with Crippen LogP contribution >= 0.6 is 0 Å². The van der Waals surface area contributed by atoms with Crippen molar-refractivity contribution in [3.05, 3.63) is 59.7 Å². The highest BCUT2D eigenvalue weighted by atomic mass is 16.5. The van der Waals surface area contributed by atoms with Crippen molar-refractivity contribution >= 4 is 35.1 Å². The fourth-order valence-electron chi connectivity index (χ4n) is 3.89. The number of nitrogens with one attached hydrogen (secondary N) is 2. The number of ether oxygens (including phenoxy) is 2. The molecule has 0 unspecified atom stereocenters. The zero-order valence-corrected chi connectivity index (χ0v) is 22.6. The summed E-state index contributed by atoms with van der Waals surface area (Å²) in [6, 6.07) is 12.8. The van der Waals surface area contributed by atoms with Gasteiger partial charge in [-0.3, -0.25) is 9.59 Å². The number of benzene rings is 2. The average molecular weight is 525 g/mol. The van der Waals surface area contributed by atoms with E-state index in [2.05, 4.69) is 17.6 Å². The van der Waals surface area contributed by atoms with Gasteiger partial charge in [0.25, 0.3) is 5.91 Å². The van der Waals surface area contributed by atoms with Gasteiger partial charge in [-0.15, -0.1) is 0 Å². The van der Waals surface area contributed by atoms with Gasteiger partial charge in [0.05, 0.1) is 23.4 Å². The Kier molecular flexibility index (Phi) is 14.2. The molecular formula is C30H40N2O6. The van der Waals surface area contributed by atoms with Gasteiger partial charge >= 0.3 is 11.9 Å². The molecular weight excluding hydrogens is 484 g/mol. The second-order valence-corrected chi connectivity index (χ2v) is 9.09. The lowest BCUT2D eigenvalue weighted by Gasteiger charge is -2.11. The van der Waals surface area contributed by atoms with Crippen molar-refractivity contribution in [1.29, 1.82) is 0 Å². The quantitative estimate of drug-likeness (QED) is 0.180. The Morgan fingerprint density at radius 1 is 0.658 bits per heavy atom. The molecule has 0 fully saturated rings. The fourth-order valence-corrected chi connectivity index (χ4v) is 3.89. The number of amides is 2. The van der Waals surface area contributed by atoms with Gasteiger partial charge in [0.1, 0.15) is 0 Å². The van der Waals surface area contributed by atoms with Crippen molar-refractivity contribution in [2.45, 2.75) is 78.1 Å². The van der Waals surface area contributed by atoms with E-state index >= 15 is 0 Å². The highest BCUT2D eigenvalue weighted by Gasteiger charge is 2.16. The summed E-state index contributed by atoms with van der Waals surface area (Å²) in [5, 5.41) is 5.40. The van der Waals surface area contributed by atoms with E-state index in [9.17, 15) is 19.2 Å². The SMILES string of the molecule is CCCCCCCCCCCC(=O)Nc1ccccc1C(=O)OCC(=O)Nc1ccc(C(=O)OCC)cc1. The van der Waals surface area contributed by atoms with Crippen molar-refractivity contribution in [2.75, 3.05) is 23.8 Å². The first-order valence-corrected chi connectivity index (χ1v) is 13.6. The summed E-state index contributed by atoms with van der Waals surface area (Å²) in [7, 11) is 0. The Bertz CT molecular complexity index is 1040. The highest BCUT2D eigenvalue weighted by Crippen LogP contribution is 2.18. The van der Waals surface area contributed by atoms with Gasteiger partial charge in [-0.1, -0.05) is 70.4 Å². The number of hydrogen-bond donors (Lipinski definition) is 2. The van der Waals surface area contributed by atoms with E-state index in [1.165, 1.54) is 50.7 Å². The van der Waals surface area contributed by atoms with E-state index in [-0.39, 0.29) is 18.1 Å². The molecule has 0 saturated heterocycles. The van der Waals surface area contributed by atoms with Crippen LogP contribution in [0.25, 0.3) is 0 Å². The lowest BCUT2D eigenvalue weighted by Crippen LogP contribution is -2.22. The molecule has 0 aromatic heterocycles. The molecule has 0 atom stereocenters. The molecule has 0 saturated carbocycles. The summed E-state index contributed by atoms with van der Waals surface area (Å²) >= 11 is 0. The predicted octanol–water partition coefficient (Wildman–Crippen LogP) is 6.52. The number of carbonyl (C=O) groups is 4. The molecule has 2 rings (SSSR count). The first kappa shape index (κ1) is 30.5. The average Bonchev–Trinajstić information content (AvgIpc) is 2.91. The monoisotopic (exact) mass is 524 g/mol. The number of esters is 2. The minimum atomic E-state index is -0.711. The first-order chi connectivity index (χ1) is 18.4. The van der Waals surface area contributed by atoms with Crippen molar-refractivity contribution in [2.24, 2.45) is 0 Å². The van der Waals surface area contributed by atoms with E-state index in [1.807, 2.05) is 0 Å². The molecule has 0 spiro atoms. The number of carbonyl (C=O) groups excluding carboxylic acids is 4. The molecule has 38 heavy (non-hydrogen) atoms. The van der Waals surface area contributed by atoms with Crippen LogP contribution in [0.3, 0.4) is 0 Å². The Morgan fingerprint density at radius 3 is 1.95 bits per heavy atom. The number of hydrogen-bond acceptors (Lipinski definition) is 6. The number of anilines is 2. The standard InChI is InChI=1S/C30H40N2O6/c1-3-5-6-7-8-9-10-11-12-17-27(33)32-26-16-14-13-15-25(26)30(36)38-22-28(34)31-24-20-18-23(19-21-24)29(35)37-4-2/h13-16,18-21H,3-12,17,22H2,1-2H3,(H,31,34)(H,32,33).